The third-order valence-electron chi connectivity index (χ3n) is 2.93. The van der Waals surface area contributed by atoms with Crippen LogP contribution in [0.4, 0.5) is 0 Å². The molecule has 0 radical (unpaired) electrons. The molecule has 2 aromatic carbocycles. The van der Waals surface area contributed by atoms with Crippen LogP contribution in [-0.4, -0.2) is 30.1 Å². The largest absolute Gasteiger partial charge is 0.496 e. The van der Waals surface area contributed by atoms with Crippen molar-refractivity contribution >= 4 is 11.7 Å². The molecular weight excluding hydrogens is 270 g/mol. The van der Waals surface area contributed by atoms with E-state index < -0.39 is 17.9 Å². The quantitative estimate of drug-likeness (QED) is 0.646. The highest BCUT2D eigenvalue weighted by molar-refractivity contribution is 6.04. The number of para-hydroxylation sites is 1. The summed E-state index contributed by atoms with van der Waals surface area (Å²) in [6, 6.07) is 14.8. The molecule has 2 aromatic rings. The molecule has 21 heavy (non-hydrogen) atoms. The van der Waals surface area contributed by atoms with Crippen molar-refractivity contribution in [1.82, 2.24) is 5.32 Å². The minimum Gasteiger partial charge on any atom is -0.496 e. The van der Waals surface area contributed by atoms with E-state index in [4.69, 9.17) is 4.74 Å². The van der Waals surface area contributed by atoms with Crippen molar-refractivity contribution in [3.63, 3.8) is 0 Å². The molecule has 0 saturated heterocycles. The summed E-state index contributed by atoms with van der Waals surface area (Å²) in [5, 5.41) is 12.1. The smallest absolute Gasteiger partial charge is 0.257 e. The van der Waals surface area contributed by atoms with Gasteiger partial charge in [0.1, 0.15) is 5.75 Å². The summed E-state index contributed by atoms with van der Waals surface area (Å²) < 4.78 is 5.07. The van der Waals surface area contributed by atoms with Gasteiger partial charge in [0.25, 0.3) is 5.91 Å². The fourth-order valence-corrected chi connectivity index (χ4v) is 1.86. The van der Waals surface area contributed by atoms with Crippen molar-refractivity contribution in [3.05, 3.63) is 65.7 Å². The molecule has 0 heterocycles. The van der Waals surface area contributed by atoms with Crippen molar-refractivity contribution in [3.8, 4) is 5.75 Å². The highest BCUT2D eigenvalue weighted by Crippen LogP contribution is 2.17. The number of aliphatic hydroxyl groups is 1. The van der Waals surface area contributed by atoms with Gasteiger partial charge in [-0.25, -0.2) is 0 Å². The first-order valence-electron chi connectivity index (χ1n) is 6.34. The summed E-state index contributed by atoms with van der Waals surface area (Å²) in [4.78, 5) is 24.0. The fourth-order valence-electron chi connectivity index (χ4n) is 1.86. The monoisotopic (exact) mass is 285 g/mol. The van der Waals surface area contributed by atoms with Gasteiger partial charge < -0.3 is 15.2 Å². The van der Waals surface area contributed by atoms with E-state index in [0.717, 1.165) is 0 Å². The van der Waals surface area contributed by atoms with Crippen molar-refractivity contribution in [2.24, 2.45) is 0 Å². The van der Waals surface area contributed by atoms with Crippen LogP contribution in [0.15, 0.2) is 54.6 Å². The van der Waals surface area contributed by atoms with E-state index in [1.165, 1.54) is 7.11 Å². The lowest BCUT2D eigenvalue weighted by atomic mass is 10.1. The standard InChI is InChI=1S/C16H15NO4/c1-21-13-10-6-5-9-12(13)15(19)17-16(20)14(18)11-7-3-2-4-8-11/h2-10,16,20H,1H3,(H,17,19). The first-order chi connectivity index (χ1) is 10.1. The van der Waals surface area contributed by atoms with Gasteiger partial charge in [-0.05, 0) is 12.1 Å². The SMILES string of the molecule is COc1ccccc1C(=O)NC(O)C(=O)c1ccccc1. The van der Waals surface area contributed by atoms with Crippen LogP contribution in [0.1, 0.15) is 20.7 Å². The van der Waals surface area contributed by atoms with Gasteiger partial charge in [0, 0.05) is 5.56 Å². The zero-order valence-electron chi connectivity index (χ0n) is 11.4. The van der Waals surface area contributed by atoms with Crippen LogP contribution in [0, 0.1) is 0 Å². The van der Waals surface area contributed by atoms with E-state index in [0.29, 0.717) is 11.3 Å². The molecular formula is C16H15NO4. The zero-order chi connectivity index (χ0) is 15.2. The van der Waals surface area contributed by atoms with E-state index in [9.17, 15) is 14.7 Å². The molecule has 2 rings (SSSR count). The van der Waals surface area contributed by atoms with Gasteiger partial charge in [0.05, 0.1) is 12.7 Å². The van der Waals surface area contributed by atoms with Crippen molar-refractivity contribution in [1.29, 1.82) is 0 Å². The lowest BCUT2D eigenvalue weighted by molar-refractivity contribution is 0.0606. The second kappa shape index (κ2) is 6.67. The number of hydrogen-bond donors (Lipinski definition) is 2. The van der Waals surface area contributed by atoms with Gasteiger partial charge in [0.15, 0.2) is 6.23 Å². The van der Waals surface area contributed by atoms with Crippen LogP contribution in [0.2, 0.25) is 0 Å². The lowest BCUT2D eigenvalue weighted by Crippen LogP contribution is -2.40. The molecule has 0 saturated carbocycles. The molecule has 0 fully saturated rings. The molecule has 0 spiro atoms. The summed E-state index contributed by atoms with van der Waals surface area (Å²) in [5.74, 6) is -0.780. The molecule has 0 bridgehead atoms. The molecule has 1 atom stereocenters. The van der Waals surface area contributed by atoms with Gasteiger partial charge in [0.2, 0.25) is 5.78 Å². The van der Waals surface area contributed by atoms with E-state index >= 15 is 0 Å². The highest BCUT2D eigenvalue weighted by Gasteiger charge is 2.21. The maximum absolute atomic E-state index is 12.1. The number of carbonyl (C=O) groups is 2. The summed E-state index contributed by atoms with van der Waals surface area (Å²) in [7, 11) is 1.44. The molecule has 5 heteroatoms. The number of aliphatic hydroxyl groups excluding tert-OH is 1. The van der Waals surface area contributed by atoms with Gasteiger partial charge in [-0.3, -0.25) is 9.59 Å². The number of ether oxygens (including phenoxy) is 1. The topological polar surface area (TPSA) is 75.6 Å². The van der Waals surface area contributed by atoms with Gasteiger partial charge in [-0.15, -0.1) is 0 Å². The third kappa shape index (κ3) is 3.46. The predicted octanol–water partition coefficient (Wildman–Crippen LogP) is 1.63. The summed E-state index contributed by atoms with van der Waals surface area (Å²) in [5.41, 5.74) is 0.574. The van der Waals surface area contributed by atoms with E-state index in [1.807, 2.05) is 0 Å². The molecule has 0 aliphatic carbocycles. The van der Waals surface area contributed by atoms with Crippen molar-refractivity contribution in [2.45, 2.75) is 6.23 Å². The zero-order valence-corrected chi connectivity index (χ0v) is 11.4. The maximum Gasteiger partial charge on any atom is 0.257 e. The number of methoxy groups -OCH3 is 1. The first-order valence-corrected chi connectivity index (χ1v) is 6.34. The van der Waals surface area contributed by atoms with Gasteiger partial charge in [-0.1, -0.05) is 42.5 Å². The summed E-state index contributed by atoms with van der Waals surface area (Å²) >= 11 is 0. The molecule has 2 N–H and O–H groups in total. The number of benzene rings is 2. The number of Topliss-reactive ketones (excluding diaryl/α,β-unsaturated/α-hetero) is 1. The highest BCUT2D eigenvalue weighted by atomic mass is 16.5. The van der Waals surface area contributed by atoms with E-state index in [1.54, 1.807) is 54.6 Å². The Labute approximate surface area is 122 Å². The van der Waals surface area contributed by atoms with Crippen LogP contribution in [-0.2, 0) is 0 Å². The first kappa shape index (κ1) is 14.7. The Hall–Kier alpha value is -2.66. The second-order valence-corrected chi connectivity index (χ2v) is 4.31. The van der Waals surface area contributed by atoms with Gasteiger partial charge in [-0.2, -0.15) is 0 Å². The van der Waals surface area contributed by atoms with E-state index in [2.05, 4.69) is 5.32 Å². The Kier molecular flexibility index (Phi) is 4.68. The fraction of sp³-hybridized carbons (Fsp3) is 0.125. The number of hydrogen-bond acceptors (Lipinski definition) is 4. The molecule has 0 aromatic heterocycles. The van der Waals surface area contributed by atoms with Crippen LogP contribution < -0.4 is 10.1 Å². The summed E-state index contributed by atoms with van der Waals surface area (Å²) in [6.07, 6.45) is -1.61. The average molecular weight is 285 g/mol. The minimum absolute atomic E-state index is 0.250. The molecule has 1 unspecified atom stereocenters. The summed E-state index contributed by atoms with van der Waals surface area (Å²) in [6.45, 7) is 0. The maximum atomic E-state index is 12.1. The van der Waals surface area contributed by atoms with Crippen LogP contribution >= 0.6 is 0 Å². The molecule has 0 aliphatic rings. The van der Waals surface area contributed by atoms with Crippen molar-refractivity contribution < 1.29 is 19.4 Å². The average Bonchev–Trinajstić information content (AvgIpc) is 2.54. The van der Waals surface area contributed by atoms with E-state index in [-0.39, 0.29) is 5.56 Å². The van der Waals surface area contributed by atoms with Crippen LogP contribution in [0.3, 0.4) is 0 Å². The number of amides is 1. The Morgan fingerprint density at radius 3 is 2.33 bits per heavy atom. The van der Waals surface area contributed by atoms with Crippen LogP contribution in [0.25, 0.3) is 0 Å². The number of ketones is 1. The Balaban J connectivity index is 2.11. The Morgan fingerprint density at radius 2 is 1.67 bits per heavy atom. The minimum atomic E-state index is -1.61. The molecule has 0 aliphatic heterocycles. The van der Waals surface area contributed by atoms with Gasteiger partial charge >= 0.3 is 0 Å². The third-order valence-corrected chi connectivity index (χ3v) is 2.93. The van der Waals surface area contributed by atoms with Crippen molar-refractivity contribution in [2.75, 3.05) is 7.11 Å². The lowest BCUT2D eigenvalue weighted by Gasteiger charge is -2.13. The Bertz CT molecular complexity index is 640. The van der Waals surface area contributed by atoms with Crippen LogP contribution in [0.5, 0.6) is 5.75 Å². The second-order valence-electron chi connectivity index (χ2n) is 4.31. The molecule has 5 nitrogen and oxygen atoms in total. The normalized spacial score (nSPS) is 11.5. The number of nitrogens with one attached hydrogen (secondary N) is 1. The molecule has 1 amide bonds. The Morgan fingerprint density at radius 1 is 1.05 bits per heavy atom. The molecule has 108 valence electrons. The number of carbonyl (C=O) groups excluding carboxylic acids is 2. The predicted molar refractivity (Wildman–Crippen MR) is 77.2 cm³/mol. The number of rotatable bonds is 5.